The number of halogens is 1. The molecule has 0 bridgehead atoms. The van der Waals surface area contributed by atoms with Gasteiger partial charge in [-0.3, -0.25) is 0 Å². The van der Waals surface area contributed by atoms with E-state index in [1.807, 2.05) is 18.2 Å². The molecule has 4 rings (SSSR count). The van der Waals surface area contributed by atoms with Crippen molar-refractivity contribution in [1.29, 1.82) is 0 Å². The molecule has 2 aliphatic rings. The molecule has 5 heteroatoms. The van der Waals surface area contributed by atoms with Crippen molar-refractivity contribution < 1.29 is 36.0 Å². The maximum absolute atomic E-state index is 10.9. The van der Waals surface area contributed by atoms with Crippen LogP contribution >= 0.6 is 0 Å². The van der Waals surface area contributed by atoms with Crippen LogP contribution in [0.3, 0.4) is 0 Å². The second kappa shape index (κ2) is 6.22. The Morgan fingerprint density at radius 2 is 1.76 bits per heavy atom. The molecular weight excluding hydrogens is 382 g/mol. The Kier molecular flexibility index (Phi) is 4.50. The first-order valence-corrected chi connectivity index (χ1v) is 8.39. The Balaban J connectivity index is 0.00000182. The van der Waals surface area contributed by atoms with Crippen LogP contribution in [-0.4, -0.2) is 44.4 Å². The van der Waals surface area contributed by atoms with E-state index in [4.69, 9.17) is 9.47 Å². The fourth-order valence-corrected chi connectivity index (χ4v) is 4.38. The van der Waals surface area contributed by atoms with Crippen molar-refractivity contribution >= 4 is 0 Å². The molecule has 0 saturated heterocycles. The van der Waals surface area contributed by atoms with E-state index in [9.17, 15) is 5.11 Å². The molecule has 1 unspecified atom stereocenters. The first kappa shape index (κ1) is 18.1. The summed E-state index contributed by atoms with van der Waals surface area (Å²) in [6.07, 6.45) is 1.96. The highest BCUT2D eigenvalue weighted by Crippen LogP contribution is 2.55. The van der Waals surface area contributed by atoms with Gasteiger partial charge in [-0.05, 0) is 23.3 Å². The molecule has 0 aromatic heterocycles. The monoisotopic (exact) mass is 405 g/mol. The first-order valence-electron chi connectivity index (χ1n) is 8.39. The number of ether oxygens (including phenoxy) is 2. The van der Waals surface area contributed by atoms with Crippen LogP contribution in [0.4, 0.5) is 0 Å². The highest BCUT2D eigenvalue weighted by molar-refractivity contribution is 5.86. The maximum atomic E-state index is 10.9. The van der Waals surface area contributed by atoms with Crippen molar-refractivity contribution in [2.75, 3.05) is 34.9 Å². The van der Waals surface area contributed by atoms with Crippen LogP contribution in [0, 0.1) is 0 Å². The van der Waals surface area contributed by atoms with Crippen LogP contribution in [0.1, 0.15) is 22.7 Å². The largest absolute Gasteiger partial charge is 1.00 e. The van der Waals surface area contributed by atoms with Crippen LogP contribution in [0.25, 0.3) is 11.1 Å². The van der Waals surface area contributed by atoms with E-state index in [1.165, 1.54) is 16.7 Å². The predicted octanol–water partition coefficient (Wildman–Crippen LogP) is 0.310. The normalized spacial score (nSPS) is 19.3. The molecule has 0 saturated carbocycles. The lowest BCUT2D eigenvalue weighted by atomic mass is 9.75. The van der Waals surface area contributed by atoms with Crippen molar-refractivity contribution in [3.63, 3.8) is 0 Å². The van der Waals surface area contributed by atoms with Crippen LogP contribution < -0.4 is 26.5 Å². The van der Waals surface area contributed by atoms with E-state index >= 15 is 0 Å². The molecule has 1 aliphatic heterocycles. The van der Waals surface area contributed by atoms with Gasteiger partial charge in [0.25, 0.3) is 0 Å². The molecule has 0 fully saturated rings. The zero-order chi connectivity index (χ0) is 17.1. The summed E-state index contributed by atoms with van der Waals surface area (Å²) in [4.78, 5) is 0. The van der Waals surface area contributed by atoms with Gasteiger partial charge < -0.3 is 36.0 Å². The molecule has 1 heterocycles. The number of nitrogens with zero attached hydrogens (tertiary/aromatic N) is 1. The number of hydrogen-bond donors (Lipinski definition) is 1. The highest BCUT2D eigenvalue weighted by atomic mass is 79.9. The van der Waals surface area contributed by atoms with Gasteiger partial charge in [0, 0.05) is 29.5 Å². The number of phenolic OH excluding ortho intramolecular Hbond substituents is 1. The minimum absolute atomic E-state index is 0. The third-order valence-corrected chi connectivity index (χ3v) is 5.74. The number of quaternary nitrogens is 1. The molecule has 134 valence electrons. The third-order valence-electron chi connectivity index (χ3n) is 5.74. The van der Waals surface area contributed by atoms with Gasteiger partial charge in [-0.25, -0.2) is 0 Å². The highest BCUT2D eigenvalue weighted by Gasteiger charge is 2.43. The van der Waals surface area contributed by atoms with Gasteiger partial charge in [0.05, 0.1) is 34.9 Å². The number of likely N-dealkylation sites (N-methyl/N-ethyl adjacent to an activating group) is 1. The molecule has 0 amide bonds. The number of hydrogen-bond acceptors (Lipinski definition) is 3. The van der Waals surface area contributed by atoms with E-state index in [0.29, 0.717) is 11.8 Å². The molecule has 2 aromatic carbocycles. The Morgan fingerprint density at radius 3 is 2.44 bits per heavy atom. The van der Waals surface area contributed by atoms with Crippen LogP contribution in [0.2, 0.25) is 0 Å². The van der Waals surface area contributed by atoms with E-state index in [-0.39, 0.29) is 22.7 Å². The zero-order valence-corrected chi connectivity index (χ0v) is 16.7. The standard InChI is InChI=1S/C20H23NO3.BrH/c1-21(2)9-8-13-11-16(24-4)20(22)19-17(13)14(21)10-12-6-5-7-15(23-3)18(12)19;/h5-7,11,14H,8-10H2,1-4H3;1H. The van der Waals surface area contributed by atoms with E-state index in [2.05, 4.69) is 20.2 Å². The van der Waals surface area contributed by atoms with E-state index in [0.717, 1.165) is 40.7 Å². The van der Waals surface area contributed by atoms with Crippen molar-refractivity contribution in [1.82, 2.24) is 0 Å². The fourth-order valence-electron chi connectivity index (χ4n) is 4.38. The van der Waals surface area contributed by atoms with Gasteiger partial charge in [0.2, 0.25) is 0 Å². The van der Waals surface area contributed by atoms with E-state index < -0.39 is 0 Å². The number of phenols is 1. The van der Waals surface area contributed by atoms with Crippen molar-refractivity contribution in [2.45, 2.75) is 18.9 Å². The van der Waals surface area contributed by atoms with Crippen molar-refractivity contribution in [3.05, 3.63) is 41.0 Å². The summed E-state index contributed by atoms with van der Waals surface area (Å²) < 4.78 is 12.0. The lowest BCUT2D eigenvalue weighted by Crippen LogP contribution is -3.00. The quantitative estimate of drug-likeness (QED) is 0.730. The average Bonchev–Trinajstić information content (AvgIpc) is 2.58. The number of methoxy groups -OCH3 is 2. The predicted molar refractivity (Wildman–Crippen MR) is 93.8 cm³/mol. The molecule has 0 spiro atoms. The summed E-state index contributed by atoms with van der Waals surface area (Å²) >= 11 is 0. The summed E-state index contributed by atoms with van der Waals surface area (Å²) in [5.41, 5.74) is 5.71. The number of fused-ring (bicyclic) bond motifs is 2. The lowest BCUT2D eigenvalue weighted by molar-refractivity contribution is -0.923. The van der Waals surface area contributed by atoms with Gasteiger partial charge in [-0.2, -0.15) is 0 Å². The smallest absolute Gasteiger partial charge is 0.166 e. The summed E-state index contributed by atoms with van der Waals surface area (Å²) in [6.45, 7) is 1.09. The lowest BCUT2D eigenvalue weighted by Gasteiger charge is -2.46. The molecule has 1 atom stereocenters. The third kappa shape index (κ3) is 2.52. The summed E-state index contributed by atoms with van der Waals surface area (Å²) in [5.74, 6) is 1.59. The Bertz CT molecular complexity index is 832. The Morgan fingerprint density at radius 1 is 1.04 bits per heavy atom. The van der Waals surface area contributed by atoms with Gasteiger partial charge in [-0.1, -0.05) is 12.1 Å². The summed E-state index contributed by atoms with van der Waals surface area (Å²) in [6, 6.07) is 8.51. The topological polar surface area (TPSA) is 38.7 Å². The van der Waals surface area contributed by atoms with Crippen molar-refractivity contribution in [2.24, 2.45) is 0 Å². The van der Waals surface area contributed by atoms with Crippen LogP contribution in [0.5, 0.6) is 17.2 Å². The number of aromatic hydroxyl groups is 1. The molecule has 25 heavy (non-hydrogen) atoms. The van der Waals surface area contributed by atoms with E-state index in [1.54, 1.807) is 14.2 Å². The molecule has 0 radical (unpaired) electrons. The minimum Gasteiger partial charge on any atom is -1.00 e. The molecule has 2 aromatic rings. The average molecular weight is 406 g/mol. The summed E-state index contributed by atoms with van der Waals surface area (Å²) in [5, 5.41) is 10.9. The van der Waals surface area contributed by atoms with Crippen molar-refractivity contribution in [3.8, 4) is 28.4 Å². The zero-order valence-electron chi connectivity index (χ0n) is 15.1. The maximum Gasteiger partial charge on any atom is 0.166 e. The van der Waals surface area contributed by atoms with Gasteiger partial charge in [0.1, 0.15) is 11.8 Å². The summed E-state index contributed by atoms with van der Waals surface area (Å²) in [7, 11) is 7.86. The molecule has 1 aliphatic carbocycles. The second-order valence-corrected chi connectivity index (χ2v) is 7.34. The number of rotatable bonds is 2. The van der Waals surface area contributed by atoms with Crippen LogP contribution in [0.15, 0.2) is 24.3 Å². The number of benzene rings is 2. The molecular formula is C20H24BrNO3. The molecule has 4 nitrogen and oxygen atoms in total. The SMILES string of the molecule is COc1cc2c3c(c1O)-c1c(cccc1OC)CC3[N+](C)(C)CC2.[Br-]. The second-order valence-electron chi connectivity index (χ2n) is 7.34. The van der Waals surface area contributed by atoms with Crippen LogP contribution in [-0.2, 0) is 12.8 Å². The Hall–Kier alpha value is -1.72. The minimum atomic E-state index is 0. The fraction of sp³-hybridized carbons (Fsp3) is 0.400. The van der Waals surface area contributed by atoms with Gasteiger partial charge >= 0.3 is 0 Å². The molecule has 1 N–H and O–H groups in total. The van der Waals surface area contributed by atoms with Gasteiger partial charge in [-0.15, -0.1) is 0 Å². The Labute approximate surface area is 159 Å². The first-order chi connectivity index (χ1) is 11.5. The van der Waals surface area contributed by atoms with Gasteiger partial charge in [0.15, 0.2) is 11.5 Å².